The molecule has 3 aromatic rings. The van der Waals surface area contributed by atoms with Gasteiger partial charge < -0.3 is 21.1 Å². The summed E-state index contributed by atoms with van der Waals surface area (Å²) < 4.78 is 15.2. The molecule has 1 aliphatic heterocycles. The van der Waals surface area contributed by atoms with Gasteiger partial charge in [-0.15, -0.1) is 0 Å². The van der Waals surface area contributed by atoms with Crippen molar-refractivity contribution in [2.45, 2.75) is 62.1 Å². The molecule has 0 bridgehead atoms. The van der Waals surface area contributed by atoms with Crippen molar-refractivity contribution in [1.82, 2.24) is 14.9 Å². The number of nitrogens with one attached hydrogen (secondary N) is 2. The number of likely N-dealkylation sites (tertiary alicyclic amines) is 1. The van der Waals surface area contributed by atoms with Crippen LogP contribution in [-0.4, -0.2) is 50.1 Å². The van der Waals surface area contributed by atoms with E-state index < -0.39 is 34.9 Å². The molecule has 0 radical (unpaired) electrons. The molecule has 2 aromatic heterocycles. The smallest absolute Gasteiger partial charge is 0.323 e. The zero-order chi connectivity index (χ0) is 29.5. The Balaban J connectivity index is 1.25. The van der Waals surface area contributed by atoms with Crippen LogP contribution < -0.4 is 16.4 Å². The summed E-state index contributed by atoms with van der Waals surface area (Å²) in [4.78, 5) is 36.5. The Morgan fingerprint density at radius 2 is 1.86 bits per heavy atom. The van der Waals surface area contributed by atoms with Crippen molar-refractivity contribution in [3.8, 4) is 0 Å². The molecule has 3 atom stereocenters. The van der Waals surface area contributed by atoms with Gasteiger partial charge in [-0.3, -0.25) is 15.1 Å². The Morgan fingerprint density at radius 1 is 1.10 bits per heavy atom. The Labute approximate surface area is 248 Å². The van der Waals surface area contributed by atoms with E-state index in [4.69, 9.17) is 17.3 Å². The average molecular weight is 593 g/mol. The zero-order valence-corrected chi connectivity index (χ0v) is 23.9. The van der Waals surface area contributed by atoms with Gasteiger partial charge in [0.25, 0.3) is 0 Å². The van der Waals surface area contributed by atoms with E-state index in [1.165, 1.54) is 30.0 Å². The number of rotatable bonds is 9. The molecule has 3 unspecified atom stereocenters. The van der Waals surface area contributed by atoms with Crippen molar-refractivity contribution in [3.63, 3.8) is 0 Å². The number of carbonyl (C=O) groups is 2. The lowest BCUT2D eigenvalue weighted by Gasteiger charge is -2.31. The zero-order valence-electron chi connectivity index (χ0n) is 23.1. The van der Waals surface area contributed by atoms with E-state index >= 15 is 4.39 Å². The molecular weight excluding hydrogens is 559 g/mol. The predicted molar refractivity (Wildman–Crippen MR) is 157 cm³/mol. The van der Waals surface area contributed by atoms with Gasteiger partial charge in [0.2, 0.25) is 5.91 Å². The van der Waals surface area contributed by atoms with Gasteiger partial charge >= 0.3 is 6.03 Å². The monoisotopic (exact) mass is 592 g/mol. The summed E-state index contributed by atoms with van der Waals surface area (Å²) in [6.07, 6.45) is 10.4. The van der Waals surface area contributed by atoms with Crippen LogP contribution in [0.25, 0.3) is 0 Å². The van der Waals surface area contributed by atoms with E-state index in [9.17, 15) is 14.7 Å². The third kappa shape index (κ3) is 5.97. The van der Waals surface area contributed by atoms with Crippen molar-refractivity contribution < 1.29 is 19.1 Å². The van der Waals surface area contributed by atoms with Gasteiger partial charge in [-0.2, -0.15) is 0 Å². The number of β-amino-alcohol motifs (C(OH)–C–C–N with tert-alkyl or cyclic N) is 1. The number of aromatic nitrogens is 2. The van der Waals surface area contributed by atoms with Crippen LogP contribution in [-0.2, 0) is 10.3 Å². The SMILES string of the molecule is NC(CCC1CC1)(c1ccncc1)c1ccc(F)c(NC(=O)C2CC(O)(C3CC3)CN2C(=O)Nc2ccc(Cl)cn2)c1. The number of urea groups is 1. The summed E-state index contributed by atoms with van der Waals surface area (Å²) in [7, 11) is 0. The molecule has 5 N–H and O–H groups in total. The molecule has 42 heavy (non-hydrogen) atoms. The number of nitrogens with two attached hydrogens (primary N) is 1. The number of benzene rings is 1. The highest BCUT2D eigenvalue weighted by molar-refractivity contribution is 6.30. The fourth-order valence-electron chi connectivity index (χ4n) is 5.97. The summed E-state index contributed by atoms with van der Waals surface area (Å²) in [5.41, 5.74) is 6.41. The van der Waals surface area contributed by atoms with Crippen molar-refractivity contribution >= 4 is 35.0 Å². The lowest BCUT2D eigenvalue weighted by molar-refractivity contribution is -0.119. The molecule has 9 nitrogen and oxygen atoms in total. The second kappa shape index (κ2) is 11.2. The number of aliphatic hydroxyl groups is 1. The minimum absolute atomic E-state index is 0.00371. The highest BCUT2D eigenvalue weighted by Gasteiger charge is 2.55. The standard InChI is InChI=1S/C31H34ClFN6O3/c32-23-6-8-27(36-17-23)38-29(41)39-18-30(42,20-3-4-20)16-26(39)28(40)37-25-15-22(5-7-24(25)33)31(34,12-9-19-1-2-19)21-10-13-35-14-11-21/h5-8,10-11,13-15,17,19-20,26,42H,1-4,9,12,16,18,34H2,(H,37,40)(H,36,38,41). The Hall–Kier alpha value is -3.60. The van der Waals surface area contributed by atoms with Crippen LogP contribution in [0.1, 0.15) is 56.1 Å². The van der Waals surface area contributed by atoms with Crippen LogP contribution in [0.2, 0.25) is 5.02 Å². The molecule has 11 heteroatoms. The van der Waals surface area contributed by atoms with Crippen LogP contribution in [0.4, 0.5) is 20.7 Å². The largest absolute Gasteiger partial charge is 0.388 e. The number of carbonyl (C=O) groups excluding carboxylic acids is 2. The first kappa shape index (κ1) is 28.5. The van der Waals surface area contributed by atoms with Gasteiger partial charge in [-0.05, 0) is 85.0 Å². The minimum Gasteiger partial charge on any atom is -0.388 e. The maximum absolute atomic E-state index is 15.2. The van der Waals surface area contributed by atoms with E-state index in [1.54, 1.807) is 36.7 Å². The fourth-order valence-corrected chi connectivity index (χ4v) is 6.08. The van der Waals surface area contributed by atoms with Crippen molar-refractivity contribution in [2.24, 2.45) is 17.6 Å². The average Bonchev–Trinajstić information content (AvgIpc) is 3.92. The molecule has 3 aliphatic rings. The topological polar surface area (TPSA) is 133 Å². The van der Waals surface area contributed by atoms with Gasteiger partial charge in [0, 0.05) is 25.0 Å². The minimum atomic E-state index is -1.20. The number of hydrogen-bond donors (Lipinski definition) is 4. The molecule has 1 aromatic carbocycles. The van der Waals surface area contributed by atoms with Crippen molar-refractivity contribution in [3.05, 3.63) is 83.0 Å². The lowest BCUT2D eigenvalue weighted by Crippen LogP contribution is -2.46. The van der Waals surface area contributed by atoms with Gasteiger partial charge in [0.05, 0.1) is 28.4 Å². The first-order valence-corrected chi connectivity index (χ1v) is 14.7. The maximum Gasteiger partial charge on any atom is 0.323 e. The van der Waals surface area contributed by atoms with E-state index in [-0.39, 0.29) is 30.4 Å². The first-order valence-electron chi connectivity index (χ1n) is 14.4. The fraction of sp³-hybridized carbons (Fsp3) is 0.419. The van der Waals surface area contributed by atoms with Crippen LogP contribution in [0.15, 0.2) is 61.1 Å². The molecular formula is C31H34ClFN6O3. The summed E-state index contributed by atoms with van der Waals surface area (Å²) in [5, 5.41) is 17.1. The summed E-state index contributed by atoms with van der Waals surface area (Å²) >= 11 is 5.90. The summed E-state index contributed by atoms with van der Waals surface area (Å²) in [6.45, 7) is -0.0210. The van der Waals surface area contributed by atoms with Crippen molar-refractivity contribution in [1.29, 1.82) is 0 Å². The van der Waals surface area contributed by atoms with E-state index in [0.29, 0.717) is 22.9 Å². The van der Waals surface area contributed by atoms with E-state index in [2.05, 4.69) is 20.6 Å². The molecule has 3 fully saturated rings. The van der Waals surface area contributed by atoms with Crippen LogP contribution in [0.5, 0.6) is 0 Å². The number of amides is 3. The quantitative estimate of drug-likeness (QED) is 0.275. The van der Waals surface area contributed by atoms with Gasteiger partial charge in [-0.1, -0.05) is 30.5 Å². The predicted octanol–water partition coefficient (Wildman–Crippen LogP) is 5.05. The third-order valence-electron chi connectivity index (χ3n) is 8.81. The molecule has 220 valence electrons. The Morgan fingerprint density at radius 3 is 2.52 bits per heavy atom. The van der Waals surface area contributed by atoms with Crippen LogP contribution >= 0.6 is 11.6 Å². The number of anilines is 2. The van der Waals surface area contributed by atoms with E-state index in [0.717, 1.165) is 24.8 Å². The Kier molecular flexibility index (Phi) is 7.63. The number of nitrogens with zero attached hydrogens (tertiary/aromatic N) is 3. The van der Waals surface area contributed by atoms with Gasteiger partial charge in [-0.25, -0.2) is 14.2 Å². The lowest BCUT2D eigenvalue weighted by atomic mass is 9.79. The molecule has 1 saturated heterocycles. The third-order valence-corrected chi connectivity index (χ3v) is 9.03. The summed E-state index contributed by atoms with van der Waals surface area (Å²) in [5.74, 6) is -0.313. The van der Waals surface area contributed by atoms with Crippen LogP contribution in [0, 0.1) is 17.7 Å². The second-order valence-corrected chi connectivity index (χ2v) is 12.3. The molecule has 2 saturated carbocycles. The normalized spacial score (nSPS) is 23.3. The highest BCUT2D eigenvalue weighted by atomic mass is 35.5. The molecule has 2 aliphatic carbocycles. The molecule has 3 amide bonds. The number of hydrogen-bond acceptors (Lipinski definition) is 6. The molecule has 3 heterocycles. The van der Waals surface area contributed by atoms with Gasteiger partial charge in [0.1, 0.15) is 17.7 Å². The number of pyridine rings is 2. The maximum atomic E-state index is 15.2. The summed E-state index contributed by atoms with van der Waals surface area (Å²) in [6, 6.07) is 9.76. The van der Waals surface area contributed by atoms with E-state index in [1.807, 2.05) is 12.1 Å². The molecule has 0 spiro atoms. The molecule has 6 rings (SSSR count). The van der Waals surface area contributed by atoms with Crippen molar-refractivity contribution in [2.75, 3.05) is 17.2 Å². The first-order chi connectivity index (χ1) is 20.1. The Bertz CT molecular complexity index is 1470. The van der Waals surface area contributed by atoms with Crippen LogP contribution in [0.3, 0.4) is 0 Å². The van der Waals surface area contributed by atoms with Gasteiger partial charge in [0.15, 0.2) is 0 Å². The second-order valence-electron chi connectivity index (χ2n) is 11.9. The number of halogens is 2. The highest BCUT2D eigenvalue weighted by Crippen LogP contribution is 2.47.